The molecular formula is C17H31N3. The quantitative estimate of drug-likeness (QED) is 0.888. The number of rotatable bonds is 5. The van der Waals surface area contributed by atoms with Gasteiger partial charge in [0.2, 0.25) is 0 Å². The lowest BCUT2D eigenvalue weighted by atomic mass is 9.88. The summed E-state index contributed by atoms with van der Waals surface area (Å²) >= 11 is 0. The molecule has 0 aliphatic heterocycles. The van der Waals surface area contributed by atoms with E-state index >= 15 is 0 Å². The molecule has 20 heavy (non-hydrogen) atoms. The third-order valence-corrected chi connectivity index (χ3v) is 3.36. The van der Waals surface area contributed by atoms with Crippen LogP contribution in [0.3, 0.4) is 0 Å². The monoisotopic (exact) mass is 277 g/mol. The molecule has 0 saturated heterocycles. The Balaban J connectivity index is 3.11. The third kappa shape index (κ3) is 4.78. The molecule has 0 aliphatic carbocycles. The molecule has 0 fully saturated rings. The molecule has 0 unspecified atom stereocenters. The molecule has 1 N–H and O–H groups in total. The average Bonchev–Trinajstić information content (AvgIpc) is 2.64. The van der Waals surface area contributed by atoms with Crippen molar-refractivity contribution in [1.82, 2.24) is 15.1 Å². The second-order valence-electron chi connectivity index (χ2n) is 7.27. The van der Waals surface area contributed by atoms with Crippen LogP contribution in [0.15, 0.2) is 11.8 Å². The fourth-order valence-corrected chi connectivity index (χ4v) is 2.14. The van der Waals surface area contributed by atoms with E-state index in [0.717, 1.165) is 6.54 Å². The summed E-state index contributed by atoms with van der Waals surface area (Å²) in [5.41, 5.74) is 3.91. The first kappa shape index (κ1) is 17.0. The van der Waals surface area contributed by atoms with Crippen LogP contribution in [0, 0.1) is 5.92 Å². The first-order valence-corrected chi connectivity index (χ1v) is 7.59. The number of nitrogens with zero attached hydrogens (tertiary/aromatic N) is 2. The van der Waals surface area contributed by atoms with Crippen LogP contribution >= 0.6 is 0 Å². The molecule has 1 rings (SSSR count). The Morgan fingerprint density at radius 2 is 1.90 bits per heavy atom. The zero-order valence-corrected chi connectivity index (χ0v) is 14.4. The molecule has 0 aromatic carbocycles. The zero-order valence-electron chi connectivity index (χ0n) is 14.4. The van der Waals surface area contributed by atoms with E-state index in [2.05, 4.69) is 71.2 Å². The Kier molecular flexibility index (Phi) is 5.58. The van der Waals surface area contributed by atoms with Crippen LogP contribution in [0.2, 0.25) is 0 Å². The van der Waals surface area contributed by atoms with Crippen molar-refractivity contribution in [3.05, 3.63) is 23.0 Å². The number of aromatic nitrogens is 2. The van der Waals surface area contributed by atoms with Gasteiger partial charge in [-0.05, 0) is 5.92 Å². The van der Waals surface area contributed by atoms with E-state index in [1.807, 2.05) is 11.7 Å². The molecule has 0 bridgehead atoms. The van der Waals surface area contributed by atoms with E-state index in [4.69, 9.17) is 0 Å². The molecule has 114 valence electrons. The second kappa shape index (κ2) is 6.57. The summed E-state index contributed by atoms with van der Waals surface area (Å²) in [5.74, 6) is 0.536. The van der Waals surface area contributed by atoms with Gasteiger partial charge in [-0.15, -0.1) is 0 Å². The molecule has 1 aromatic heterocycles. The van der Waals surface area contributed by atoms with Gasteiger partial charge >= 0.3 is 0 Å². The predicted molar refractivity (Wildman–Crippen MR) is 87.9 cm³/mol. The van der Waals surface area contributed by atoms with Crippen molar-refractivity contribution in [3.63, 3.8) is 0 Å². The Labute approximate surface area is 124 Å². The Morgan fingerprint density at radius 3 is 2.35 bits per heavy atom. The molecule has 3 heteroatoms. The molecule has 3 nitrogen and oxygen atoms in total. The molecule has 1 heterocycles. The highest BCUT2D eigenvalue weighted by Gasteiger charge is 2.21. The van der Waals surface area contributed by atoms with Crippen LogP contribution < -0.4 is 5.32 Å². The summed E-state index contributed by atoms with van der Waals surface area (Å²) in [6.45, 7) is 16.5. The highest BCUT2D eigenvalue weighted by molar-refractivity contribution is 5.56. The lowest BCUT2D eigenvalue weighted by Crippen LogP contribution is -2.26. The van der Waals surface area contributed by atoms with E-state index < -0.39 is 0 Å². The minimum atomic E-state index is 0.0701. The highest BCUT2D eigenvalue weighted by Crippen LogP contribution is 2.26. The number of hydrogen-bond donors (Lipinski definition) is 1. The van der Waals surface area contributed by atoms with Gasteiger partial charge in [0.15, 0.2) is 0 Å². The van der Waals surface area contributed by atoms with Gasteiger partial charge in [-0.1, -0.05) is 60.1 Å². The van der Waals surface area contributed by atoms with Crippen molar-refractivity contribution in [2.45, 2.75) is 59.9 Å². The van der Waals surface area contributed by atoms with Crippen molar-refractivity contribution in [2.24, 2.45) is 13.0 Å². The van der Waals surface area contributed by atoms with E-state index in [-0.39, 0.29) is 5.41 Å². The SMILES string of the molecule is CC(C)NCC(=Cc1cn(C)nc1C(C)(C)C)C(C)C. The minimum Gasteiger partial charge on any atom is -0.311 e. The molecule has 0 spiro atoms. The van der Waals surface area contributed by atoms with Crippen LogP contribution in [-0.2, 0) is 12.5 Å². The summed E-state index contributed by atoms with van der Waals surface area (Å²) in [6, 6.07) is 0.508. The summed E-state index contributed by atoms with van der Waals surface area (Å²) < 4.78 is 1.92. The normalized spacial score (nSPS) is 13.6. The Hall–Kier alpha value is -1.09. The maximum atomic E-state index is 4.64. The van der Waals surface area contributed by atoms with Crippen LogP contribution in [0.4, 0.5) is 0 Å². The Morgan fingerprint density at radius 1 is 1.30 bits per heavy atom. The van der Waals surface area contributed by atoms with Crippen molar-refractivity contribution < 1.29 is 0 Å². The van der Waals surface area contributed by atoms with Crippen LogP contribution in [0.25, 0.3) is 6.08 Å². The summed E-state index contributed by atoms with van der Waals surface area (Å²) in [5, 5.41) is 8.16. The van der Waals surface area contributed by atoms with E-state index in [0.29, 0.717) is 12.0 Å². The van der Waals surface area contributed by atoms with Crippen molar-refractivity contribution in [3.8, 4) is 0 Å². The Bertz CT molecular complexity index is 459. The van der Waals surface area contributed by atoms with Crippen LogP contribution in [-0.4, -0.2) is 22.4 Å². The number of hydrogen-bond acceptors (Lipinski definition) is 2. The van der Waals surface area contributed by atoms with Gasteiger partial charge in [-0.3, -0.25) is 4.68 Å². The van der Waals surface area contributed by atoms with Crippen molar-refractivity contribution in [2.75, 3.05) is 6.54 Å². The smallest absolute Gasteiger partial charge is 0.0750 e. The largest absolute Gasteiger partial charge is 0.311 e. The first-order chi connectivity index (χ1) is 9.11. The number of nitrogens with one attached hydrogen (secondary N) is 1. The van der Waals surface area contributed by atoms with Gasteiger partial charge in [0.25, 0.3) is 0 Å². The fraction of sp³-hybridized carbons (Fsp3) is 0.706. The van der Waals surface area contributed by atoms with Gasteiger partial charge in [-0.2, -0.15) is 5.10 Å². The summed E-state index contributed by atoms with van der Waals surface area (Å²) in [6.07, 6.45) is 4.44. The van der Waals surface area contributed by atoms with E-state index in [9.17, 15) is 0 Å². The molecule has 0 atom stereocenters. The number of aryl methyl sites for hydroxylation is 1. The molecule has 0 aliphatic rings. The minimum absolute atomic E-state index is 0.0701. The van der Waals surface area contributed by atoms with E-state index in [1.165, 1.54) is 16.8 Å². The molecule has 0 radical (unpaired) electrons. The standard InChI is InChI=1S/C17H31N3/c1-12(2)14(10-18-13(3)4)9-15-11-20(8)19-16(15)17(5,6)7/h9,11-13,18H,10H2,1-8H3. The third-order valence-electron chi connectivity index (χ3n) is 3.36. The molecule has 0 amide bonds. The van der Waals surface area contributed by atoms with Gasteiger partial charge < -0.3 is 5.32 Å². The van der Waals surface area contributed by atoms with Gasteiger partial charge in [0, 0.05) is 36.8 Å². The lowest BCUT2D eigenvalue weighted by molar-refractivity contribution is 0.552. The average molecular weight is 277 g/mol. The molecule has 0 saturated carbocycles. The van der Waals surface area contributed by atoms with Gasteiger partial charge in [0.05, 0.1) is 5.69 Å². The summed E-state index contributed by atoms with van der Waals surface area (Å²) in [4.78, 5) is 0. The summed E-state index contributed by atoms with van der Waals surface area (Å²) in [7, 11) is 1.99. The van der Waals surface area contributed by atoms with Gasteiger partial charge in [-0.25, -0.2) is 0 Å². The van der Waals surface area contributed by atoms with Crippen molar-refractivity contribution >= 4 is 6.08 Å². The fourth-order valence-electron chi connectivity index (χ4n) is 2.14. The van der Waals surface area contributed by atoms with Crippen LogP contribution in [0.1, 0.15) is 59.7 Å². The zero-order chi connectivity index (χ0) is 15.5. The predicted octanol–water partition coefficient (Wildman–Crippen LogP) is 3.76. The molecule has 1 aromatic rings. The van der Waals surface area contributed by atoms with Crippen molar-refractivity contribution in [1.29, 1.82) is 0 Å². The highest BCUT2D eigenvalue weighted by atomic mass is 15.3. The van der Waals surface area contributed by atoms with E-state index in [1.54, 1.807) is 0 Å². The van der Waals surface area contributed by atoms with Crippen LogP contribution in [0.5, 0.6) is 0 Å². The second-order valence-corrected chi connectivity index (χ2v) is 7.27. The maximum absolute atomic E-state index is 4.64. The topological polar surface area (TPSA) is 29.9 Å². The van der Waals surface area contributed by atoms with Gasteiger partial charge in [0.1, 0.15) is 0 Å². The molecular weight excluding hydrogens is 246 g/mol. The first-order valence-electron chi connectivity index (χ1n) is 7.59. The maximum Gasteiger partial charge on any atom is 0.0750 e. The lowest BCUT2D eigenvalue weighted by Gasteiger charge is -2.18.